The molecule has 0 bridgehead atoms. The summed E-state index contributed by atoms with van der Waals surface area (Å²) in [5, 5.41) is 0. The van der Waals surface area contributed by atoms with E-state index in [-0.39, 0.29) is 5.78 Å². The molecule has 34 heavy (non-hydrogen) atoms. The molecule has 0 unspecified atom stereocenters. The van der Waals surface area contributed by atoms with E-state index >= 15 is 0 Å². The van der Waals surface area contributed by atoms with Gasteiger partial charge in [-0.05, 0) is 45.4 Å². The minimum atomic E-state index is -1.36. The predicted molar refractivity (Wildman–Crippen MR) is 132 cm³/mol. The maximum Gasteiger partial charge on any atom is 0.421 e. The minimum Gasteiger partial charge on any atom is -0.443 e. The van der Waals surface area contributed by atoms with Crippen molar-refractivity contribution in [3.63, 3.8) is 0 Å². The average Bonchev–Trinajstić information content (AvgIpc) is 3.06. The number of ketones is 1. The first-order valence-electron chi connectivity index (χ1n) is 11.2. The van der Waals surface area contributed by atoms with Gasteiger partial charge >= 0.3 is 6.09 Å². The standard InChI is InChI=1S/C29H27NO4/c1-20-14-16-22(17-15-20)29(19-18-25(31)21-10-6-5-7-11-21)23-12-8-9-13-24(23)30(26(29)32)27(33)34-28(2,3)4/h5-19H,1-4H3/b19-18-/t29-/m0/s1. The maximum absolute atomic E-state index is 14.1. The number of allylic oxidation sites excluding steroid dienone is 1. The van der Waals surface area contributed by atoms with Crippen LogP contribution < -0.4 is 4.90 Å². The van der Waals surface area contributed by atoms with Crippen LogP contribution in [0.2, 0.25) is 0 Å². The molecule has 0 aliphatic carbocycles. The lowest BCUT2D eigenvalue weighted by molar-refractivity contribution is -0.120. The van der Waals surface area contributed by atoms with Crippen molar-refractivity contribution in [2.24, 2.45) is 0 Å². The summed E-state index contributed by atoms with van der Waals surface area (Å²) in [6.07, 6.45) is 2.28. The third kappa shape index (κ3) is 4.17. The number of hydrogen-bond donors (Lipinski definition) is 0. The van der Waals surface area contributed by atoms with Crippen LogP contribution in [-0.2, 0) is 14.9 Å². The summed E-state index contributed by atoms with van der Waals surface area (Å²) in [4.78, 5) is 41.3. The molecule has 3 aromatic carbocycles. The molecule has 5 nitrogen and oxygen atoms in total. The highest BCUT2D eigenvalue weighted by atomic mass is 16.6. The Morgan fingerprint density at radius 3 is 2.15 bits per heavy atom. The number of carbonyl (C=O) groups excluding carboxylic acids is 3. The first-order valence-corrected chi connectivity index (χ1v) is 11.2. The molecule has 5 heteroatoms. The Bertz CT molecular complexity index is 1270. The molecule has 0 saturated heterocycles. The van der Waals surface area contributed by atoms with E-state index in [1.165, 1.54) is 6.08 Å². The molecule has 1 aliphatic rings. The quantitative estimate of drug-likeness (QED) is 0.359. The predicted octanol–water partition coefficient (Wildman–Crippen LogP) is 6.00. The molecule has 0 spiro atoms. The van der Waals surface area contributed by atoms with Crippen molar-refractivity contribution in [1.82, 2.24) is 0 Å². The number of carbonyl (C=O) groups is 3. The van der Waals surface area contributed by atoms with Crippen molar-refractivity contribution in [3.05, 3.63) is 113 Å². The van der Waals surface area contributed by atoms with Gasteiger partial charge in [-0.15, -0.1) is 0 Å². The van der Waals surface area contributed by atoms with Crippen LogP contribution in [0.3, 0.4) is 0 Å². The van der Waals surface area contributed by atoms with Gasteiger partial charge in [0.25, 0.3) is 5.91 Å². The van der Waals surface area contributed by atoms with Gasteiger partial charge in [0.1, 0.15) is 11.0 Å². The number of fused-ring (bicyclic) bond motifs is 1. The van der Waals surface area contributed by atoms with E-state index in [9.17, 15) is 14.4 Å². The number of rotatable bonds is 4. The molecule has 1 heterocycles. The lowest BCUT2D eigenvalue weighted by Crippen LogP contribution is -2.45. The minimum absolute atomic E-state index is 0.229. The van der Waals surface area contributed by atoms with E-state index < -0.39 is 23.0 Å². The topological polar surface area (TPSA) is 63.7 Å². The maximum atomic E-state index is 14.1. The van der Waals surface area contributed by atoms with E-state index in [0.29, 0.717) is 22.4 Å². The van der Waals surface area contributed by atoms with Crippen LogP contribution >= 0.6 is 0 Å². The molecule has 0 N–H and O–H groups in total. The zero-order chi connectivity index (χ0) is 24.5. The van der Waals surface area contributed by atoms with Crippen molar-refractivity contribution in [2.75, 3.05) is 4.90 Å². The molecule has 0 saturated carbocycles. The van der Waals surface area contributed by atoms with Gasteiger partial charge in [-0.1, -0.05) is 84.4 Å². The van der Waals surface area contributed by atoms with Crippen molar-refractivity contribution in [1.29, 1.82) is 0 Å². The molecule has 1 aliphatic heterocycles. The second-order valence-electron chi connectivity index (χ2n) is 9.38. The van der Waals surface area contributed by atoms with Crippen molar-refractivity contribution in [2.45, 2.75) is 38.7 Å². The molecule has 0 fully saturated rings. The number of imide groups is 1. The monoisotopic (exact) mass is 453 g/mol. The van der Waals surface area contributed by atoms with Crippen LogP contribution in [0.5, 0.6) is 0 Å². The van der Waals surface area contributed by atoms with E-state index in [4.69, 9.17) is 4.74 Å². The number of ether oxygens (including phenoxy) is 1. The smallest absolute Gasteiger partial charge is 0.421 e. The first-order chi connectivity index (χ1) is 16.1. The molecule has 3 aromatic rings. The van der Waals surface area contributed by atoms with E-state index in [1.54, 1.807) is 63.2 Å². The number of amides is 2. The third-order valence-corrected chi connectivity index (χ3v) is 5.74. The van der Waals surface area contributed by atoms with Crippen LogP contribution in [0.4, 0.5) is 10.5 Å². The van der Waals surface area contributed by atoms with Crippen molar-refractivity contribution < 1.29 is 19.1 Å². The van der Waals surface area contributed by atoms with Crippen LogP contribution in [0.25, 0.3) is 0 Å². The summed E-state index contributed by atoms with van der Waals surface area (Å²) >= 11 is 0. The second-order valence-corrected chi connectivity index (χ2v) is 9.38. The van der Waals surface area contributed by atoms with Gasteiger partial charge in [-0.2, -0.15) is 0 Å². The summed E-state index contributed by atoms with van der Waals surface area (Å²) in [5.74, 6) is -0.711. The summed E-state index contributed by atoms with van der Waals surface area (Å²) in [7, 11) is 0. The molecular formula is C29H27NO4. The van der Waals surface area contributed by atoms with Gasteiger partial charge in [0.05, 0.1) is 5.69 Å². The summed E-state index contributed by atoms with van der Waals surface area (Å²) < 4.78 is 5.57. The lowest BCUT2D eigenvalue weighted by Gasteiger charge is -2.27. The Morgan fingerprint density at radius 1 is 0.882 bits per heavy atom. The Labute approximate surface area is 199 Å². The van der Waals surface area contributed by atoms with Gasteiger partial charge in [-0.25, -0.2) is 9.69 Å². The molecule has 0 aromatic heterocycles. The van der Waals surface area contributed by atoms with Gasteiger partial charge in [-0.3, -0.25) is 9.59 Å². The Kier molecular flexibility index (Phi) is 5.96. The van der Waals surface area contributed by atoms with E-state index in [2.05, 4.69) is 0 Å². The molecule has 0 radical (unpaired) electrons. The van der Waals surface area contributed by atoms with Crippen LogP contribution in [-0.4, -0.2) is 23.4 Å². The lowest BCUT2D eigenvalue weighted by atomic mass is 9.74. The van der Waals surface area contributed by atoms with Gasteiger partial charge < -0.3 is 4.74 Å². The van der Waals surface area contributed by atoms with Gasteiger partial charge in [0.2, 0.25) is 0 Å². The fourth-order valence-electron chi connectivity index (χ4n) is 4.14. The van der Waals surface area contributed by atoms with E-state index in [0.717, 1.165) is 10.5 Å². The Hall–Kier alpha value is -3.99. The summed E-state index contributed by atoms with van der Waals surface area (Å²) in [6, 6.07) is 23.5. The van der Waals surface area contributed by atoms with Crippen LogP contribution in [0, 0.1) is 6.92 Å². The SMILES string of the molecule is Cc1ccc([C@]2(/C=C\C(=O)c3ccccc3)C(=O)N(C(=O)OC(C)(C)C)c3ccccc32)cc1. The fourth-order valence-corrected chi connectivity index (χ4v) is 4.14. The highest BCUT2D eigenvalue weighted by molar-refractivity contribution is 6.23. The zero-order valence-electron chi connectivity index (χ0n) is 19.7. The zero-order valence-corrected chi connectivity index (χ0v) is 19.7. The van der Waals surface area contributed by atoms with Crippen molar-refractivity contribution >= 4 is 23.5 Å². The number of benzene rings is 3. The van der Waals surface area contributed by atoms with Crippen molar-refractivity contribution in [3.8, 4) is 0 Å². The molecular weight excluding hydrogens is 426 g/mol. The highest BCUT2D eigenvalue weighted by Crippen LogP contribution is 2.47. The third-order valence-electron chi connectivity index (χ3n) is 5.74. The molecule has 172 valence electrons. The second kappa shape index (κ2) is 8.75. The largest absolute Gasteiger partial charge is 0.443 e. The normalized spacial score (nSPS) is 17.6. The highest BCUT2D eigenvalue weighted by Gasteiger charge is 2.53. The summed E-state index contributed by atoms with van der Waals surface area (Å²) in [5.41, 5.74) is 1.14. The molecule has 4 rings (SSSR count). The van der Waals surface area contributed by atoms with Crippen LogP contribution in [0.15, 0.2) is 91.0 Å². The number of hydrogen-bond acceptors (Lipinski definition) is 4. The molecule has 2 amide bonds. The fraction of sp³-hybridized carbons (Fsp3) is 0.207. The van der Waals surface area contributed by atoms with Gasteiger partial charge in [0.15, 0.2) is 5.78 Å². The Balaban J connectivity index is 1.90. The number of aryl methyl sites for hydroxylation is 1. The average molecular weight is 454 g/mol. The van der Waals surface area contributed by atoms with Gasteiger partial charge in [0, 0.05) is 11.1 Å². The first kappa shape index (κ1) is 23.2. The number of para-hydroxylation sites is 1. The Morgan fingerprint density at radius 2 is 1.50 bits per heavy atom. The summed E-state index contributed by atoms with van der Waals surface area (Å²) in [6.45, 7) is 7.22. The number of anilines is 1. The van der Waals surface area contributed by atoms with Crippen LogP contribution in [0.1, 0.15) is 47.8 Å². The number of nitrogens with zero attached hydrogens (tertiary/aromatic N) is 1. The molecule has 1 atom stereocenters. The van der Waals surface area contributed by atoms with E-state index in [1.807, 2.05) is 49.4 Å².